The van der Waals surface area contributed by atoms with Gasteiger partial charge < -0.3 is 35.0 Å². The van der Waals surface area contributed by atoms with Gasteiger partial charge in [0.25, 0.3) is 5.12 Å². The summed E-state index contributed by atoms with van der Waals surface area (Å²) < 4.78 is 23.7. The molecule has 1 aliphatic heterocycles. The molecule has 0 amide bonds. The van der Waals surface area contributed by atoms with E-state index >= 15 is 0 Å². The summed E-state index contributed by atoms with van der Waals surface area (Å²) in [5, 5.41) is 50.3. The van der Waals surface area contributed by atoms with Crippen molar-refractivity contribution < 1.29 is 39.2 Å². The van der Waals surface area contributed by atoms with Gasteiger partial charge >= 0.3 is 0 Å². The molecule has 158 valence electrons. The van der Waals surface area contributed by atoms with Gasteiger partial charge in [0.2, 0.25) is 0 Å². The predicted molar refractivity (Wildman–Crippen MR) is 103 cm³/mol. The average molecular weight is 424 g/mol. The van der Waals surface area contributed by atoms with Gasteiger partial charge in [0.15, 0.2) is 5.60 Å². The van der Waals surface area contributed by atoms with E-state index in [4.69, 9.17) is 9.47 Å². The van der Waals surface area contributed by atoms with Crippen LogP contribution in [0.15, 0.2) is 59.5 Å². The van der Waals surface area contributed by atoms with Crippen molar-refractivity contribution in [1.82, 2.24) is 0 Å². The van der Waals surface area contributed by atoms with E-state index in [0.717, 1.165) is 0 Å². The summed E-state index contributed by atoms with van der Waals surface area (Å²) in [5.41, 5.74) is -2.08. The molecule has 6 atom stereocenters. The molecule has 2 aromatic carbocycles. The van der Waals surface area contributed by atoms with Crippen LogP contribution in [0.25, 0.3) is 0 Å². The van der Waals surface area contributed by atoms with Crippen molar-refractivity contribution in [2.24, 2.45) is 0 Å². The minimum atomic E-state index is -2.81. The van der Waals surface area contributed by atoms with Gasteiger partial charge in [0, 0.05) is 11.3 Å². The second-order valence-corrected chi connectivity index (χ2v) is 8.45. The lowest BCUT2D eigenvalue weighted by Crippen LogP contribution is -2.75. The molecule has 0 spiro atoms. The van der Waals surface area contributed by atoms with Crippen molar-refractivity contribution in [2.45, 2.75) is 40.3 Å². The van der Waals surface area contributed by atoms with Crippen LogP contribution in [0.4, 0.5) is 0 Å². The average Bonchev–Trinajstić information content (AvgIpc) is 2.75. The third-order valence-electron chi connectivity index (χ3n) is 5.07. The first-order valence-electron chi connectivity index (χ1n) is 8.96. The van der Waals surface area contributed by atoms with Crippen molar-refractivity contribution in [3.05, 3.63) is 60.2 Å². The van der Waals surface area contributed by atoms with Crippen molar-refractivity contribution >= 4 is 10.8 Å². The fraction of sp³-hybridized carbons (Fsp3) is 0.400. The third kappa shape index (κ3) is 3.82. The van der Waals surface area contributed by atoms with Crippen molar-refractivity contribution in [2.75, 3.05) is 13.7 Å². The summed E-state index contributed by atoms with van der Waals surface area (Å²) in [4.78, 5) is 0.142. The molecular formula is C20H24O8S. The highest BCUT2D eigenvalue weighted by Crippen LogP contribution is 2.43. The van der Waals surface area contributed by atoms with Gasteiger partial charge in [-0.15, -0.1) is 0 Å². The highest BCUT2D eigenvalue weighted by molar-refractivity contribution is 7.86. The van der Waals surface area contributed by atoms with Gasteiger partial charge in [-0.25, -0.2) is 4.21 Å². The van der Waals surface area contributed by atoms with E-state index in [0.29, 0.717) is 11.3 Å². The molecule has 1 saturated heterocycles. The molecule has 5 N–H and O–H groups in total. The SMILES string of the molecule is COc1ccc(C[C@@]2(O)[C@H](O)[C@H](O)[C@@H](CO)O[C@]2(O)S(=O)c2ccccc2)cc1. The molecular weight excluding hydrogens is 400 g/mol. The van der Waals surface area contributed by atoms with E-state index in [-0.39, 0.29) is 11.3 Å². The van der Waals surface area contributed by atoms with Gasteiger partial charge in [-0.3, -0.25) is 0 Å². The predicted octanol–water partition coefficient (Wildman–Crippen LogP) is -0.464. The van der Waals surface area contributed by atoms with E-state index in [1.807, 2.05) is 0 Å². The minimum Gasteiger partial charge on any atom is -0.497 e. The number of aliphatic hydroxyl groups is 5. The summed E-state index contributed by atoms with van der Waals surface area (Å²) in [6.45, 7) is -0.759. The van der Waals surface area contributed by atoms with Crippen molar-refractivity contribution in [3.63, 3.8) is 0 Å². The number of hydrogen-bond acceptors (Lipinski definition) is 8. The van der Waals surface area contributed by atoms with E-state index in [9.17, 15) is 29.7 Å². The van der Waals surface area contributed by atoms with E-state index in [2.05, 4.69) is 0 Å². The van der Waals surface area contributed by atoms with E-state index < -0.39 is 46.4 Å². The van der Waals surface area contributed by atoms with Crippen molar-refractivity contribution in [3.8, 4) is 5.75 Å². The molecule has 1 unspecified atom stereocenters. The van der Waals surface area contributed by atoms with Gasteiger partial charge in [-0.2, -0.15) is 0 Å². The van der Waals surface area contributed by atoms with Crippen LogP contribution >= 0.6 is 0 Å². The molecule has 1 fully saturated rings. The normalized spacial score (nSPS) is 33.2. The van der Waals surface area contributed by atoms with Crippen LogP contribution in [0.5, 0.6) is 5.75 Å². The monoisotopic (exact) mass is 424 g/mol. The lowest BCUT2D eigenvalue weighted by molar-refractivity contribution is -0.349. The fourth-order valence-corrected chi connectivity index (χ4v) is 4.82. The van der Waals surface area contributed by atoms with Gasteiger partial charge in [0.1, 0.15) is 34.9 Å². The first-order valence-corrected chi connectivity index (χ1v) is 10.1. The molecule has 9 heteroatoms. The fourth-order valence-electron chi connectivity index (χ4n) is 3.37. The summed E-state index contributed by atoms with van der Waals surface area (Å²) in [7, 11) is -0.872. The molecule has 0 aromatic heterocycles. The standard InChI is InChI=1S/C20H24O8S/c1-27-14-9-7-13(8-10-14)11-19(24)18(23)17(22)16(12-21)28-20(19,25)29(26)15-5-3-2-4-6-15/h2-10,16-18,21-25H,11-12H2,1H3/t16-,17-,18-,19-,20+,29?/m1/s1. The molecule has 29 heavy (non-hydrogen) atoms. The zero-order valence-electron chi connectivity index (χ0n) is 15.7. The summed E-state index contributed by atoms with van der Waals surface area (Å²) in [5.74, 6) is 0.560. The Balaban J connectivity index is 2.06. The second kappa shape index (κ2) is 8.49. The van der Waals surface area contributed by atoms with Gasteiger partial charge in [-0.1, -0.05) is 30.3 Å². The number of rotatable bonds is 6. The van der Waals surface area contributed by atoms with Crippen LogP contribution in [-0.2, 0) is 22.0 Å². The number of methoxy groups -OCH3 is 1. The van der Waals surface area contributed by atoms with Crippen LogP contribution in [0.3, 0.4) is 0 Å². The molecule has 0 radical (unpaired) electrons. The molecule has 1 aliphatic rings. The first kappa shape index (κ1) is 21.8. The van der Waals surface area contributed by atoms with Gasteiger partial charge in [-0.05, 0) is 29.8 Å². The molecule has 2 aromatic rings. The second-order valence-electron chi connectivity index (χ2n) is 6.89. The Morgan fingerprint density at radius 3 is 2.24 bits per heavy atom. The Hall–Kier alpha value is -1.85. The van der Waals surface area contributed by atoms with Crippen LogP contribution in [0.2, 0.25) is 0 Å². The number of ether oxygens (including phenoxy) is 2. The first-order chi connectivity index (χ1) is 13.8. The number of benzene rings is 2. The third-order valence-corrected chi connectivity index (χ3v) is 6.73. The molecule has 3 rings (SSSR count). The maximum atomic E-state index is 13.2. The number of aliphatic hydroxyl groups excluding tert-OH is 3. The van der Waals surface area contributed by atoms with Crippen LogP contribution in [-0.4, -0.2) is 72.5 Å². The zero-order chi connectivity index (χ0) is 21.2. The Kier molecular flexibility index (Phi) is 6.39. The smallest absolute Gasteiger partial charge is 0.282 e. The van der Waals surface area contributed by atoms with Gasteiger partial charge in [0.05, 0.1) is 13.7 Å². The molecule has 8 nitrogen and oxygen atoms in total. The zero-order valence-corrected chi connectivity index (χ0v) is 16.5. The van der Waals surface area contributed by atoms with Crippen LogP contribution < -0.4 is 4.74 Å². The van der Waals surface area contributed by atoms with E-state index in [1.54, 1.807) is 42.5 Å². The molecule has 0 bridgehead atoms. The summed E-state index contributed by atoms with van der Waals surface area (Å²) in [6.07, 6.45) is -5.49. The minimum absolute atomic E-state index is 0.142. The maximum absolute atomic E-state index is 13.2. The largest absolute Gasteiger partial charge is 0.497 e. The highest BCUT2D eigenvalue weighted by atomic mass is 32.2. The van der Waals surface area contributed by atoms with Crippen LogP contribution in [0, 0.1) is 0 Å². The Labute approximate surface area is 170 Å². The molecule has 0 aliphatic carbocycles. The summed E-state index contributed by atoms with van der Waals surface area (Å²) in [6, 6.07) is 14.2. The van der Waals surface area contributed by atoms with Crippen molar-refractivity contribution in [1.29, 1.82) is 0 Å². The molecule has 0 saturated carbocycles. The summed E-state index contributed by atoms with van der Waals surface area (Å²) >= 11 is 0. The lowest BCUT2D eigenvalue weighted by Gasteiger charge is -2.52. The Bertz CT molecular complexity index is 845. The Morgan fingerprint density at radius 2 is 1.69 bits per heavy atom. The van der Waals surface area contributed by atoms with E-state index in [1.165, 1.54) is 19.2 Å². The topological polar surface area (TPSA) is 137 Å². The number of hydrogen-bond donors (Lipinski definition) is 5. The lowest BCUT2D eigenvalue weighted by atomic mass is 9.81. The quantitative estimate of drug-likeness (QED) is 0.420. The molecule has 1 heterocycles. The van der Waals surface area contributed by atoms with Crippen LogP contribution in [0.1, 0.15) is 5.56 Å². The maximum Gasteiger partial charge on any atom is 0.282 e. The highest BCUT2D eigenvalue weighted by Gasteiger charge is 2.66. The Morgan fingerprint density at radius 1 is 1.07 bits per heavy atom.